The van der Waals surface area contributed by atoms with Crippen LogP contribution in [0.25, 0.3) is 6.08 Å². The maximum Gasteiger partial charge on any atom is 0.331 e. The minimum absolute atomic E-state index is 0.0231. The van der Waals surface area contributed by atoms with Crippen molar-refractivity contribution in [2.24, 2.45) is 0 Å². The van der Waals surface area contributed by atoms with Crippen LogP contribution >= 0.6 is 0 Å². The van der Waals surface area contributed by atoms with Crippen molar-refractivity contribution in [2.75, 3.05) is 0 Å². The van der Waals surface area contributed by atoms with E-state index in [-0.39, 0.29) is 11.1 Å². The van der Waals surface area contributed by atoms with Crippen molar-refractivity contribution in [1.82, 2.24) is 0 Å². The Hall–Kier alpha value is -1.71. The molecule has 0 aliphatic heterocycles. The Morgan fingerprint density at radius 1 is 1.29 bits per heavy atom. The highest BCUT2D eigenvalue weighted by atomic mass is 19.1. The van der Waals surface area contributed by atoms with Gasteiger partial charge in [0.1, 0.15) is 11.6 Å². The molecule has 0 atom stereocenters. The predicted molar refractivity (Wildman–Crippen MR) is 47.6 cm³/mol. The number of benzene rings is 1. The Kier molecular flexibility index (Phi) is 2.96. The van der Waals surface area contributed by atoms with E-state index in [1.807, 2.05) is 0 Å². The number of carbonyl (C=O) groups is 1. The molecule has 0 heterocycles. The number of hydrogen-bond acceptors (Lipinski definition) is 1. The van der Waals surface area contributed by atoms with Crippen molar-refractivity contribution in [2.45, 2.75) is 6.92 Å². The summed E-state index contributed by atoms with van der Waals surface area (Å²) in [4.78, 5) is 10.4. The molecule has 0 radical (unpaired) electrons. The Labute approximate surface area is 79.5 Å². The van der Waals surface area contributed by atoms with Gasteiger partial charge >= 0.3 is 5.97 Å². The van der Waals surface area contributed by atoms with Crippen molar-refractivity contribution in [3.63, 3.8) is 0 Å². The highest BCUT2D eigenvalue weighted by molar-refractivity contribution is 5.91. The second kappa shape index (κ2) is 4.00. The summed E-state index contributed by atoms with van der Waals surface area (Å²) >= 11 is 0. The molecule has 0 amide bonds. The van der Waals surface area contributed by atoms with Gasteiger partial charge in [-0.3, -0.25) is 0 Å². The standard InChI is InChI=1S/C10H8F2O2/c1-6(10(13)14)2-7-3-8(11)5-9(12)4-7/h2-5H,1H3,(H,13,14). The van der Waals surface area contributed by atoms with Crippen LogP contribution in [-0.2, 0) is 4.79 Å². The van der Waals surface area contributed by atoms with E-state index in [0.717, 1.165) is 18.2 Å². The summed E-state index contributed by atoms with van der Waals surface area (Å²) in [5.41, 5.74) is 0.220. The largest absolute Gasteiger partial charge is 0.478 e. The van der Waals surface area contributed by atoms with E-state index >= 15 is 0 Å². The number of hydrogen-bond donors (Lipinski definition) is 1. The van der Waals surface area contributed by atoms with Gasteiger partial charge in [-0.05, 0) is 30.7 Å². The van der Waals surface area contributed by atoms with Gasteiger partial charge in [0.2, 0.25) is 0 Å². The van der Waals surface area contributed by atoms with Crippen molar-refractivity contribution in [1.29, 1.82) is 0 Å². The lowest BCUT2D eigenvalue weighted by atomic mass is 10.1. The molecule has 0 fully saturated rings. The fourth-order valence-electron chi connectivity index (χ4n) is 0.970. The van der Waals surface area contributed by atoms with E-state index < -0.39 is 17.6 Å². The molecular formula is C10H8F2O2. The average molecular weight is 198 g/mol. The Bertz CT molecular complexity index is 377. The van der Waals surface area contributed by atoms with Crippen LogP contribution in [0.4, 0.5) is 8.78 Å². The smallest absolute Gasteiger partial charge is 0.331 e. The number of aliphatic carboxylic acids is 1. The molecule has 0 saturated heterocycles. The third kappa shape index (κ3) is 2.65. The third-order valence-corrected chi connectivity index (χ3v) is 1.61. The molecule has 0 aliphatic rings. The van der Waals surface area contributed by atoms with E-state index in [0.29, 0.717) is 0 Å². The van der Waals surface area contributed by atoms with Gasteiger partial charge in [0.25, 0.3) is 0 Å². The molecule has 74 valence electrons. The van der Waals surface area contributed by atoms with Crippen LogP contribution in [0.5, 0.6) is 0 Å². The number of carboxylic acids is 1. The van der Waals surface area contributed by atoms with Gasteiger partial charge in [-0.1, -0.05) is 0 Å². The van der Waals surface area contributed by atoms with Gasteiger partial charge in [-0.2, -0.15) is 0 Å². The van der Waals surface area contributed by atoms with Crippen molar-refractivity contribution in [3.8, 4) is 0 Å². The highest BCUT2D eigenvalue weighted by Gasteiger charge is 2.02. The first-order valence-corrected chi connectivity index (χ1v) is 3.87. The van der Waals surface area contributed by atoms with Crippen LogP contribution in [0.1, 0.15) is 12.5 Å². The minimum atomic E-state index is -1.12. The van der Waals surface area contributed by atoms with Gasteiger partial charge in [-0.25, -0.2) is 13.6 Å². The lowest BCUT2D eigenvalue weighted by Gasteiger charge is -1.97. The van der Waals surface area contributed by atoms with Crippen LogP contribution in [0.3, 0.4) is 0 Å². The maximum atomic E-state index is 12.7. The van der Waals surface area contributed by atoms with Gasteiger partial charge in [0, 0.05) is 11.6 Å². The molecular weight excluding hydrogens is 190 g/mol. The van der Waals surface area contributed by atoms with Gasteiger partial charge in [0.05, 0.1) is 0 Å². The zero-order valence-corrected chi connectivity index (χ0v) is 7.42. The van der Waals surface area contributed by atoms with Crippen molar-refractivity contribution < 1.29 is 18.7 Å². The summed E-state index contributed by atoms with van der Waals surface area (Å²) in [5.74, 6) is -2.57. The van der Waals surface area contributed by atoms with E-state index in [2.05, 4.69) is 0 Å². The SMILES string of the molecule is CC(=Cc1cc(F)cc(F)c1)C(=O)O. The summed E-state index contributed by atoms with van der Waals surface area (Å²) in [6.07, 6.45) is 1.20. The molecule has 1 aromatic rings. The molecule has 1 rings (SSSR count). The monoisotopic (exact) mass is 198 g/mol. The number of rotatable bonds is 2. The van der Waals surface area contributed by atoms with E-state index in [1.165, 1.54) is 13.0 Å². The highest BCUT2D eigenvalue weighted by Crippen LogP contribution is 2.11. The fraction of sp³-hybridized carbons (Fsp3) is 0.100. The average Bonchev–Trinajstić information content (AvgIpc) is 2.01. The topological polar surface area (TPSA) is 37.3 Å². The van der Waals surface area contributed by atoms with Gasteiger partial charge < -0.3 is 5.11 Å². The Morgan fingerprint density at radius 3 is 2.21 bits per heavy atom. The summed E-state index contributed by atoms with van der Waals surface area (Å²) in [7, 11) is 0. The van der Waals surface area contributed by atoms with Crippen molar-refractivity contribution in [3.05, 3.63) is 41.0 Å². The zero-order valence-electron chi connectivity index (χ0n) is 7.42. The maximum absolute atomic E-state index is 12.7. The number of carboxylic acid groups (broad SMARTS) is 1. The molecule has 0 aliphatic carbocycles. The molecule has 0 aromatic heterocycles. The normalized spacial score (nSPS) is 11.5. The van der Waals surface area contributed by atoms with Crippen molar-refractivity contribution >= 4 is 12.0 Å². The van der Waals surface area contributed by atoms with Crippen LogP contribution in [-0.4, -0.2) is 11.1 Å². The van der Waals surface area contributed by atoms with E-state index in [4.69, 9.17) is 5.11 Å². The molecule has 14 heavy (non-hydrogen) atoms. The molecule has 1 aromatic carbocycles. The Morgan fingerprint density at radius 2 is 1.79 bits per heavy atom. The minimum Gasteiger partial charge on any atom is -0.478 e. The second-order valence-electron chi connectivity index (χ2n) is 2.84. The molecule has 4 heteroatoms. The first kappa shape index (κ1) is 10.4. The lowest BCUT2D eigenvalue weighted by molar-refractivity contribution is -0.132. The van der Waals surface area contributed by atoms with E-state index in [1.54, 1.807) is 0 Å². The number of halogens is 2. The van der Waals surface area contributed by atoms with Crippen LogP contribution in [0.15, 0.2) is 23.8 Å². The molecule has 0 spiro atoms. The fourth-order valence-corrected chi connectivity index (χ4v) is 0.970. The van der Waals surface area contributed by atoms with Crippen LogP contribution < -0.4 is 0 Å². The quantitative estimate of drug-likeness (QED) is 0.741. The van der Waals surface area contributed by atoms with Gasteiger partial charge in [0.15, 0.2) is 0 Å². The van der Waals surface area contributed by atoms with Crippen LogP contribution in [0, 0.1) is 11.6 Å². The molecule has 0 unspecified atom stereocenters. The second-order valence-corrected chi connectivity index (χ2v) is 2.84. The van der Waals surface area contributed by atoms with Crippen LogP contribution in [0.2, 0.25) is 0 Å². The molecule has 2 nitrogen and oxygen atoms in total. The summed E-state index contributed by atoms with van der Waals surface area (Å²) in [6.45, 7) is 1.35. The lowest BCUT2D eigenvalue weighted by Crippen LogP contribution is -1.95. The molecule has 1 N–H and O–H groups in total. The summed E-state index contributed by atoms with van der Waals surface area (Å²) in [6, 6.07) is 2.86. The predicted octanol–water partition coefficient (Wildman–Crippen LogP) is 2.45. The summed E-state index contributed by atoms with van der Waals surface area (Å²) in [5, 5.41) is 8.53. The Balaban J connectivity index is 3.08. The summed E-state index contributed by atoms with van der Waals surface area (Å²) < 4.78 is 25.3. The zero-order chi connectivity index (χ0) is 10.7. The third-order valence-electron chi connectivity index (χ3n) is 1.61. The first-order valence-electron chi connectivity index (χ1n) is 3.87. The molecule has 0 saturated carbocycles. The molecule has 0 bridgehead atoms. The van der Waals surface area contributed by atoms with E-state index in [9.17, 15) is 13.6 Å². The first-order chi connectivity index (χ1) is 6.49. The van der Waals surface area contributed by atoms with Gasteiger partial charge in [-0.15, -0.1) is 0 Å².